The minimum Gasteiger partial charge on any atom is -0.502 e. The van der Waals surface area contributed by atoms with Crippen molar-refractivity contribution in [2.75, 3.05) is 20.5 Å². The van der Waals surface area contributed by atoms with E-state index in [0.29, 0.717) is 0 Å². The molecule has 2 aliphatic carbocycles. The first-order chi connectivity index (χ1) is 10.7. The van der Waals surface area contributed by atoms with E-state index in [0.717, 1.165) is 25.5 Å². The van der Waals surface area contributed by atoms with Gasteiger partial charge in [0.2, 0.25) is 0 Å². The highest BCUT2D eigenvalue weighted by Gasteiger charge is 2.68. The lowest BCUT2D eigenvalue weighted by molar-refractivity contribution is -0.146. The summed E-state index contributed by atoms with van der Waals surface area (Å²) < 4.78 is 16.4. The molecule has 0 aromatic carbocycles. The summed E-state index contributed by atoms with van der Waals surface area (Å²) in [4.78, 5) is 13.0. The summed E-state index contributed by atoms with van der Waals surface area (Å²) in [6, 6.07) is 1.13. The molecule has 4 nitrogen and oxygen atoms in total. The van der Waals surface area contributed by atoms with Gasteiger partial charge < -0.3 is 14.2 Å². The SMILES string of the molecule is COCO[C@H]1C(=O)[C@@]2(/C=C/OCC[Si](C)(C)C)CC[C@H]1C2(C)C. The van der Waals surface area contributed by atoms with Gasteiger partial charge >= 0.3 is 0 Å². The molecule has 0 heterocycles. The summed E-state index contributed by atoms with van der Waals surface area (Å²) >= 11 is 0. The van der Waals surface area contributed by atoms with Crippen LogP contribution in [0.25, 0.3) is 0 Å². The molecule has 2 bridgehead atoms. The largest absolute Gasteiger partial charge is 0.502 e. The number of hydrogen-bond donors (Lipinski definition) is 0. The second-order valence-corrected chi connectivity index (χ2v) is 14.3. The number of allylic oxidation sites excluding steroid dienone is 1. The molecule has 2 rings (SSSR count). The van der Waals surface area contributed by atoms with Crippen LogP contribution in [0.4, 0.5) is 0 Å². The summed E-state index contributed by atoms with van der Waals surface area (Å²) in [5.41, 5.74) is -0.545. The van der Waals surface area contributed by atoms with Gasteiger partial charge in [-0.3, -0.25) is 4.79 Å². The van der Waals surface area contributed by atoms with Gasteiger partial charge in [0.25, 0.3) is 0 Å². The van der Waals surface area contributed by atoms with Crippen molar-refractivity contribution in [3.8, 4) is 0 Å². The van der Waals surface area contributed by atoms with Gasteiger partial charge in [-0.1, -0.05) is 33.5 Å². The van der Waals surface area contributed by atoms with E-state index in [2.05, 4.69) is 33.5 Å². The molecule has 0 saturated heterocycles. The van der Waals surface area contributed by atoms with Crippen molar-refractivity contribution in [2.45, 2.75) is 58.5 Å². The number of methoxy groups -OCH3 is 1. The topological polar surface area (TPSA) is 44.8 Å². The fourth-order valence-electron chi connectivity index (χ4n) is 4.11. The summed E-state index contributed by atoms with van der Waals surface area (Å²) in [5.74, 6) is 0.456. The van der Waals surface area contributed by atoms with Crippen LogP contribution in [0.2, 0.25) is 25.7 Å². The number of carbonyl (C=O) groups excluding carboxylic acids is 1. The summed E-state index contributed by atoms with van der Waals surface area (Å²) in [6.07, 6.45) is 5.35. The first-order valence-corrected chi connectivity index (χ1v) is 12.3. The van der Waals surface area contributed by atoms with E-state index >= 15 is 0 Å². The molecule has 0 aromatic heterocycles. The monoisotopic (exact) mass is 340 g/mol. The lowest BCUT2D eigenvalue weighted by atomic mass is 9.69. The van der Waals surface area contributed by atoms with Gasteiger partial charge in [-0.05, 0) is 36.3 Å². The zero-order chi connectivity index (χ0) is 17.3. The van der Waals surface area contributed by atoms with Crippen LogP contribution in [0.1, 0.15) is 26.7 Å². The standard InChI is InChI=1S/C18H32O4Si/c1-17(2)14-7-8-18(17,16(19)15(14)22-13-20-3)9-10-21-11-12-23(4,5)6/h9-10,14-15H,7-8,11-13H2,1-6H3/b10-9+/t14-,15-,18+/m1/s1. The quantitative estimate of drug-likeness (QED) is 0.291. The molecular weight excluding hydrogens is 308 g/mol. The summed E-state index contributed by atoms with van der Waals surface area (Å²) in [6.45, 7) is 12.3. The Morgan fingerprint density at radius 3 is 2.61 bits per heavy atom. The van der Waals surface area contributed by atoms with Crippen molar-refractivity contribution >= 4 is 13.9 Å². The van der Waals surface area contributed by atoms with Crippen LogP contribution in [0.3, 0.4) is 0 Å². The van der Waals surface area contributed by atoms with Crippen LogP contribution in [-0.4, -0.2) is 40.5 Å². The summed E-state index contributed by atoms with van der Waals surface area (Å²) in [5, 5.41) is 0. The molecule has 0 aromatic rings. The molecule has 2 fully saturated rings. The maximum absolute atomic E-state index is 13.0. The number of fused-ring (bicyclic) bond motifs is 2. The molecule has 0 unspecified atom stereocenters. The molecule has 23 heavy (non-hydrogen) atoms. The predicted octanol–water partition coefficient (Wildman–Crippen LogP) is 3.85. The molecule has 0 N–H and O–H groups in total. The number of ether oxygens (including phenoxy) is 3. The first-order valence-electron chi connectivity index (χ1n) is 8.60. The molecule has 132 valence electrons. The third-order valence-corrected chi connectivity index (χ3v) is 7.48. The van der Waals surface area contributed by atoms with Crippen molar-refractivity contribution < 1.29 is 19.0 Å². The van der Waals surface area contributed by atoms with Gasteiger partial charge in [-0.15, -0.1) is 0 Å². The maximum atomic E-state index is 13.0. The Balaban J connectivity index is 2.05. The van der Waals surface area contributed by atoms with Crippen molar-refractivity contribution in [3.05, 3.63) is 12.3 Å². The van der Waals surface area contributed by atoms with Gasteiger partial charge in [-0.2, -0.15) is 0 Å². The molecule has 5 heteroatoms. The van der Waals surface area contributed by atoms with E-state index in [-0.39, 0.29) is 30.0 Å². The number of ketones is 1. The number of Topliss-reactive ketones (excluding diaryl/α,β-unsaturated/α-hetero) is 1. The molecule has 0 radical (unpaired) electrons. The Bertz CT molecular complexity index is 466. The molecule has 2 aliphatic rings. The Morgan fingerprint density at radius 2 is 2.00 bits per heavy atom. The van der Waals surface area contributed by atoms with Crippen molar-refractivity contribution in [1.29, 1.82) is 0 Å². The maximum Gasteiger partial charge on any atom is 0.172 e. The van der Waals surface area contributed by atoms with E-state index in [1.165, 1.54) is 0 Å². The number of carbonyl (C=O) groups is 1. The van der Waals surface area contributed by atoms with E-state index in [1.54, 1.807) is 13.4 Å². The van der Waals surface area contributed by atoms with Crippen LogP contribution in [0.5, 0.6) is 0 Å². The van der Waals surface area contributed by atoms with Gasteiger partial charge in [0.1, 0.15) is 12.9 Å². The van der Waals surface area contributed by atoms with E-state index in [9.17, 15) is 4.79 Å². The second-order valence-electron chi connectivity index (χ2n) is 8.68. The Hall–Kier alpha value is -0.653. The average Bonchev–Trinajstić information content (AvgIpc) is 2.78. The lowest BCUT2D eigenvalue weighted by Gasteiger charge is -2.33. The normalized spacial score (nSPS) is 32.9. The molecule has 0 amide bonds. The van der Waals surface area contributed by atoms with E-state index in [1.807, 2.05) is 6.08 Å². The Morgan fingerprint density at radius 1 is 1.30 bits per heavy atom. The van der Waals surface area contributed by atoms with Gasteiger partial charge in [0.15, 0.2) is 5.78 Å². The fraction of sp³-hybridized carbons (Fsp3) is 0.833. The third-order valence-electron chi connectivity index (χ3n) is 5.77. The van der Waals surface area contributed by atoms with Gasteiger partial charge in [0.05, 0.1) is 18.3 Å². The fourth-order valence-corrected chi connectivity index (χ4v) is 4.85. The van der Waals surface area contributed by atoms with Crippen LogP contribution in [-0.2, 0) is 19.0 Å². The van der Waals surface area contributed by atoms with E-state index in [4.69, 9.17) is 14.2 Å². The average molecular weight is 341 g/mol. The molecule has 3 atom stereocenters. The number of hydrogen-bond acceptors (Lipinski definition) is 4. The van der Waals surface area contributed by atoms with E-state index < -0.39 is 13.5 Å². The minimum absolute atomic E-state index is 0.0961. The lowest BCUT2D eigenvalue weighted by Crippen LogP contribution is -2.37. The van der Waals surface area contributed by atoms with Crippen molar-refractivity contribution in [1.82, 2.24) is 0 Å². The zero-order valence-electron chi connectivity index (χ0n) is 15.5. The second kappa shape index (κ2) is 6.69. The third kappa shape index (κ3) is 3.42. The smallest absolute Gasteiger partial charge is 0.172 e. The molecule has 2 saturated carbocycles. The molecular formula is C18H32O4Si. The highest BCUT2D eigenvalue weighted by Crippen LogP contribution is 2.65. The molecule has 0 aliphatic heterocycles. The minimum atomic E-state index is -1.08. The predicted molar refractivity (Wildman–Crippen MR) is 93.9 cm³/mol. The van der Waals surface area contributed by atoms with Crippen LogP contribution >= 0.6 is 0 Å². The Labute approximate surface area is 141 Å². The zero-order valence-corrected chi connectivity index (χ0v) is 16.5. The van der Waals surface area contributed by atoms with Crippen molar-refractivity contribution in [3.63, 3.8) is 0 Å². The Kier molecular flexibility index (Phi) is 5.43. The van der Waals surface area contributed by atoms with Crippen LogP contribution in [0, 0.1) is 16.7 Å². The van der Waals surface area contributed by atoms with Crippen molar-refractivity contribution in [2.24, 2.45) is 16.7 Å². The number of rotatable bonds is 8. The van der Waals surface area contributed by atoms with Gasteiger partial charge in [-0.25, -0.2) is 0 Å². The van der Waals surface area contributed by atoms with Crippen LogP contribution in [0.15, 0.2) is 12.3 Å². The van der Waals surface area contributed by atoms with Crippen LogP contribution < -0.4 is 0 Å². The highest BCUT2D eigenvalue weighted by molar-refractivity contribution is 6.76. The summed E-state index contributed by atoms with van der Waals surface area (Å²) in [7, 11) is 0.503. The van der Waals surface area contributed by atoms with Gasteiger partial charge in [0, 0.05) is 15.2 Å². The highest BCUT2D eigenvalue weighted by atomic mass is 28.3. The first kappa shape index (κ1) is 18.7. The molecule has 0 spiro atoms.